The number of anilines is 1. The molecule has 0 aliphatic carbocycles. The fraction of sp³-hybridized carbons (Fsp3) is 0.286. The molecule has 1 heterocycles. The van der Waals surface area contributed by atoms with Crippen molar-refractivity contribution in [3.8, 4) is 11.5 Å². The first kappa shape index (κ1) is 27.9. The predicted octanol–water partition coefficient (Wildman–Crippen LogP) is 2.75. The minimum Gasteiger partial charge on any atom is -0.486 e. The third-order valence-electron chi connectivity index (χ3n) is 6.28. The molecule has 1 aliphatic rings. The van der Waals surface area contributed by atoms with Gasteiger partial charge in [0.05, 0.1) is 11.9 Å². The molecule has 0 saturated carbocycles. The Labute approximate surface area is 227 Å². The van der Waals surface area contributed by atoms with E-state index in [0.717, 1.165) is 16.1 Å². The van der Waals surface area contributed by atoms with Gasteiger partial charge in [-0.1, -0.05) is 42.5 Å². The largest absolute Gasteiger partial charge is 0.486 e. The van der Waals surface area contributed by atoms with Gasteiger partial charge in [0.1, 0.15) is 31.6 Å². The fourth-order valence-corrected chi connectivity index (χ4v) is 5.15. The third-order valence-corrected chi connectivity index (χ3v) is 7.42. The van der Waals surface area contributed by atoms with Gasteiger partial charge in [-0.25, -0.2) is 12.8 Å². The van der Waals surface area contributed by atoms with Crippen LogP contribution in [0.4, 0.5) is 10.1 Å². The van der Waals surface area contributed by atoms with Crippen LogP contribution in [-0.2, 0) is 32.6 Å². The quantitative estimate of drug-likeness (QED) is 0.413. The number of hydrogen-bond acceptors (Lipinski definition) is 6. The summed E-state index contributed by atoms with van der Waals surface area (Å²) in [6, 6.07) is 18.4. The van der Waals surface area contributed by atoms with Crippen molar-refractivity contribution in [1.29, 1.82) is 0 Å². The van der Waals surface area contributed by atoms with Gasteiger partial charge in [0.25, 0.3) is 0 Å². The summed E-state index contributed by atoms with van der Waals surface area (Å²) >= 11 is 0. The van der Waals surface area contributed by atoms with E-state index in [4.69, 9.17) is 9.47 Å². The average Bonchev–Trinajstić information content (AvgIpc) is 2.93. The topological polar surface area (TPSA) is 105 Å². The summed E-state index contributed by atoms with van der Waals surface area (Å²) in [5, 5.41) is 2.61. The van der Waals surface area contributed by atoms with Gasteiger partial charge in [-0.05, 0) is 35.4 Å². The molecule has 2 amide bonds. The second-order valence-electron chi connectivity index (χ2n) is 9.07. The lowest BCUT2D eigenvalue weighted by Crippen LogP contribution is -2.52. The molecule has 3 aromatic rings. The van der Waals surface area contributed by atoms with E-state index in [0.29, 0.717) is 30.3 Å². The molecular formula is C28H30FN3O6S. The van der Waals surface area contributed by atoms with Crippen molar-refractivity contribution in [2.45, 2.75) is 19.0 Å². The highest BCUT2D eigenvalue weighted by Gasteiger charge is 2.33. The lowest BCUT2D eigenvalue weighted by Gasteiger charge is -2.33. The molecule has 9 nitrogen and oxygen atoms in total. The molecule has 0 aromatic heterocycles. The highest BCUT2D eigenvalue weighted by molar-refractivity contribution is 7.92. The van der Waals surface area contributed by atoms with Crippen LogP contribution in [0.15, 0.2) is 72.8 Å². The zero-order valence-electron chi connectivity index (χ0n) is 21.7. The summed E-state index contributed by atoms with van der Waals surface area (Å²) in [7, 11) is -2.45. The fourth-order valence-electron chi connectivity index (χ4n) is 4.31. The van der Waals surface area contributed by atoms with E-state index in [-0.39, 0.29) is 18.7 Å². The van der Waals surface area contributed by atoms with Crippen LogP contribution < -0.4 is 19.1 Å². The highest BCUT2D eigenvalue weighted by atomic mass is 32.2. The van der Waals surface area contributed by atoms with Crippen molar-refractivity contribution >= 4 is 27.5 Å². The third kappa shape index (κ3) is 7.05. The molecule has 0 spiro atoms. The smallest absolute Gasteiger partial charge is 0.244 e. The molecule has 1 atom stereocenters. The van der Waals surface area contributed by atoms with Crippen molar-refractivity contribution in [2.75, 3.05) is 37.4 Å². The van der Waals surface area contributed by atoms with Crippen molar-refractivity contribution in [3.63, 3.8) is 0 Å². The number of nitrogens with zero attached hydrogens (tertiary/aromatic N) is 2. The first-order valence-corrected chi connectivity index (χ1v) is 14.2. The summed E-state index contributed by atoms with van der Waals surface area (Å²) in [5.41, 5.74) is 1.61. The summed E-state index contributed by atoms with van der Waals surface area (Å²) < 4.78 is 51.4. The van der Waals surface area contributed by atoms with Crippen LogP contribution in [-0.4, -0.2) is 64.2 Å². The van der Waals surface area contributed by atoms with Crippen molar-refractivity contribution in [1.82, 2.24) is 10.2 Å². The number of carbonyl (C=O) groups is 2. The SMILES string of the molecule is CNC(=O)C(Cc1ccccc1)N(Cc1ccc(F)cc1)C(=O)CN(c1ccc2c(c1)OCCO2)S(C)(=O)=O. The Balaban J connectivity index is 1.70. The normalized spacial score (nSPS) is 13.3. The molecule has 1 N–H and O–H groups in total. The Kier molecular flexibility index (Phi) is 8.70. The Hall–Kier alpha value is -4.12. The summed E-state index contributed by atoms with van der Waals surface area (Å²) in [6.07, 6.45) is 1.19. The maximum Gasteiger partial charge on any atom is 0.244 e. The van der Waals surface area contributed by atoms with Crippen LogP contribution in [0.25, 0.3) is 0 Å². The number of rotatable bonds is 10. The molecular weight excluding hydrogens is 525 g/mol. The van der Waals surface area contributed by atoms with E-state index in [9.17, 15) is 22.4 Å². The number of sulfonamides is 1. The van der Waals surface area contributed by atoms with E-state index in [1.54, 1.807) is 6.07 Å². The van der Waals surface area contributed by atoms with Crippen molar-refractivity contribution in [2.24, 2.45) is 0 Å². The zero-order valence-corrected chi connectivity index (χ0v) is 22.5. The number of hydrogen-bond donors (Lipinski definition) is 1. The Morgan fingerprint density at radius 1 is 0.949 bits per heavy atom. The van der Waals surface area contributed by atoms with Gasteiger partial charge in [0.2, 0.25) is 21.8 Å². The first-order chi connectivity index (χ1) is 18.7. The molecule has 0 fully saturated rings. The lowest BCUT2D eigenvalue weighted by molar-refractivity contribution is -0.139. The number of ether oxygens (including phenoxy) is 2. The number of halogens is 1. The minimum atomic E-state index is -3.92. The van der Waals surface area contributed by atoms with Crippen LogP contribution in [0.3, 0.4) is 0 Å². The summed E-state index contributed by atoms with van der Waals surface area (Å²) in [5.74, 6) is -0.616. The number of nitrogens with one attached hydrogen (secondary N) is 1. The second-order valence-corrected chi connectivity index (χ2v) is 11.0. The summed E-state index contributed by atoms with van der Waals surface area (Å²) in [4.78, 5) is 28.3. The predicted molar refractivity (Wildman–Crippen MR) is 145 cm³/mol. The highest BCUT2D eigenvalue weighted by Crippen LogP contribution is 2.34. The summed E-state index contributed by atoms with van der Waals surface area (Å²) in [6.45, 7) is 0.0823. The Bertz CT molecular complexity index is 1420. The molecule has 39 heavy (non-hydrogen) atoms. The Morgan fingerprint density at radius 3 is 2.26 bits per heavy atom. The zero-order chi connectivity index (χ0) is 28.0. The van der Waals surface area contributed by atoms with E-state index in [2.05, 4.69) is 5.32 Å². The second kappa shape index (κ2) is 12.2. The van der Waals surface area contributed by atoms with Crippen molar-refractivity contribution < 1.29 is 31.9 Å². The van der Waals surface area contributed by atoms with Crippen LogP contribution >= 0.6 is 0 Å². The number of benzene rings is 3. The number of amides is 2. The molecule has 11 heteroatoms. The molecule has 1 aliphatic heterocycles. The van der Waals surface area contributed by atoms with E-state index in [1.807, 2.05) is 30.3 Å². The molecule has 206 valence electrons. The van der Waals surface area contributed by atoms with Crippen LogP contribution in [0.1, 0.15) is 11.1 Å². The van der Waals surface area contributed by atoms with Gasteiger partial charge in [0, 0.05) is 26.1 Å². The molecule has 1 unspecified atom stereocenters. The Morgan fingerprint density at radius 2 is 1.62 bits per heavy atom. The van der Waals surface area contributed by atoms with Gasteiger partial charge in [0.15, 0.2) is 11.5 Å². The van der Waals surface area contributed by atoms with Crippen LogP contribution in [0.5, 0.6) is 11.5 Å². The van der Waals surface area contributed by atoms with E-state index < -0.39 is 40.2 Å². The molecule has 0 saturated heterocycles. The van der Waals surface area contributed by atoms with Crippen LogP contribution in [0, 0.1) is 5.82 Å². The molecule has 0 radical (unpaired) electrons. The maximum atomic E-state index is 13.9. The van der Waals surface area contributed by atoms with Gasteiger partial charge >= 0.3 is 0 Å². The van der Waals surface area contributed by atoms with Crippen LogP contribution in [0.2, 0.25) is 0 Å². The van der Waals surface area contributed by atoms with Gasteiger partial charge in [-0.2, -0.15) is 0 Å². The number of fused-ring (bicyclic) bond motifs is 1. The number of carbonyl (C=O) groups excluding carboxylic acids is 2. The monoisotopic (exact) mass is 555 g/mol. The molecule has 3 aromatic carbocycles. The maximum absolute atomic E-state index is 13.9. The minimum absolute atomic E-state index is 0.0389. The lowest BCUT2D eigenvalue weighted by atomic mass is 10.0. The van der Waals surface area contributed by atoms with E-state index >= 15 is 0 Å². The van der Waals surface area contributed by atoms with Gasteiger partial charge in [-0.3, -0.25) is 13.9 Å². The van der Waals surface area contributed by atoms with E-state index in [1.165, 1.54) is 48.3 Å². The van der Waals surface area contributed by atoms with Crippen molar-refractivity contribution in [3.05, 3.63) is 89.7 Å². The number of likely N-dealkylation sites (N-methyl/N-ethyl adjacent to an activating group) is 1. The standard InChI is InChI=1S/C28H30FN3O6S/c1-30-28(34)24(16-20-6-4-3-5-7-20)31(18-21-8-10-22(29)11-9-21)27(33)19-32(39(2,35)36)23-12-13-25-26(17-23)38-15-14-37-25/h3-13,17,24H,14-16,18-19H2,1-2H3,(H,30,34). The first-order valence-electron chi connectivity index (χ1n) is 12.3. The molecule has 4 rings (SSSR count). The molecule has 0 bridgehead atoms. The van der Waals surface area contributed by atoms with Gasteiger partial charge < -0.3 is 19.7 Å². The average molecular weight is 556 g/mol. The van der Waals surface area contributed by atoms with Gasteiger partial charge in [-0.15, -0.1) is 0 Å².